The lowest BCUT2D eigenvalue weighted by Gasteiger charge is -2.11. The highest BCUT2D eigenvalue weighted by atomic mass is 79.9. The first-order chi connectivity index (χ1) is 6.72. The van der Waals surface area contributed by atoms with E-state index in [0.29, 0.717) is 6.42 Å². The van der Waals surface area contributed by atoms with Gasteiger partial charge >= 0.3 is 0 Å². The molecule has 0 amide bonds. The van der Waals surface area contributed by atoms with E-state index in [2.05, 4.69) is 15.9 Å². The lowest BCUT2D eigenvalue weighted by atomic mass is 10.1. The topological polar surface area (TPSA) is 38.7 Å². The monoisotopic (exact) mass is 260 g/mol. The number of rotatable bonds is 4. The van der Waals surface area contributed by atoms with E-state index >= 15 is 0 Å². The molecule has 0 atom stereocenters. The van der Waals surface area contributed by atoms with Gasteiger partial charge < -0.3 is 14.6 Å². The first-order valence-corrected chi connectivity index (χ1v) is 5.03. The van der Waals surface area contributed by atoms with Crippen LogP contribution in [-0.4, -0.2) is 25.9 Å². The van der Waals surface area contributed by atoms with Gasteiger partial charge in [0.05, 0.1) is 18.7 Å². The Hall–Kier alpha value is -0.740. The van der Waals surface area contributed by atoms with Crippen molar-refractivity contribution in [2.75, 3.05) is 20.8 Å². The molecule has 1 aromatic carbocycles. The molecule has 4 heteroatoms. The molecule has 0 aromatic heterocycles. The molecule has 0 saturated heterocycles. The van der Waals surface area contributed by atoms with Gasteiger partial charge in [-0.05, 0) is 34.5 Å². The molecule has 1 N–H and O–H groups in total. The number of aliphatic hydroxyl groups excluding tert-OH is 1. The molecule has 0 radical (unpaired) electrons. The van der Waals surface area contributed by atoms with Crippen LogP contribution in [0, 0.1) is 0 Å². The van der Waals surface area contributed by atoms with Crippen molar-refractivity contribution in [3.63, 3.8) is 0 Å². The normalized spacial score (nSPS) is 10.0. The third-order valence-electron chi connectivity index (χ3n) is 1.92. The molecule has 0 saturated carbocycles. The molecule has 0 aliphatic heterocycles. The van der Waals surface area contributed by atoms with Gasteiger partial charge in [-0.1, -0.05) is 0 Å². The molecule has 0 spiro atoms. The molecule has 1 aromatic rings. The molecule has 1 rings (SSSR count). The van der Waals surface area contributed by atoms with Crippen molar-refractivity contribution in [3.8, 4) is 11.5 Å². The minimum atomic E-state index is 0.0932. The van der Waals surface area contributed by atoms with E-state index in [4.69, 9.17) is 14.6 Å². The Morgan fingerprint density at radius 3 is 2.50 bits per heavy atom. The van der Waals surface area contributed by atoms with Crippen LogP contribution in [0.3, 0.4) is 0 Å². The first kappa shape index (κ1) is 11.3. The highest BCUT2D eigenvalue weighted by Gasteiger charge is 2.09. The summed E-state index contributed by atoms with van der Waals surface area (Å²) < 4.78 is 11.2. The predicted molar refractivity (Wildman–Crippen MR) is 58.0 cm³/mol. The van der Waals surface area contributed by atoms with E-state index in [9.17, 15) is 0 Å². The number of aliphatic hydroxyl groups is 1. The van der Waals surface area contributed by atoms with E-state index in [1.54, 1.807) is 14.2 Å². The van der Waals surface area contributed by atoms with Gasteiger partial charge in [-0.25, -0.2) is 0 Å². The molecule has 0 fully saturated rings. The zero-order chi connectivity index (χ0) is 10.6. The van der Waals surface area contributed by atoms with Crippen molar-refractivity contribution in [1.29, 1.82) is 0 Å². The first-order valence-electron chi connectivity index (χ1n) is 4.24. The van der Waals surface area contributed by atoms with Gasteiger partial charge in [0.1, 0.15) is 11.5 Å². The van der Waals surface area contributed by atoms with Crippen molar-refractivity contribution in [3.05, 3.63) is 22.2 Å². The molecule has 0 heterocycles. The van der Waals surface area contributed by atoms with Crippen molar-refractivity contribution < 1.29 is 14.6 Å². The summed E-state index contributed by atoms with van der Waals surface area (Å²) in [7, 11) is 3.21. The zero-order valence-electron chi connectivity index (χ0n) is 8.21. The molecular weight excluding hydrogens is 248 g/mol. The number of methoxy groups -OCH3 is 2. The third-order valence-corrected chi connectivity index (χ3v) is 2.50. The van der Waals surface area contributed by atoms with Gasteiger partial charge in [-0.15, -0.1) is 0 Å². The van der Waals surface area contributed by atoms with Crippen LogP contribution in [0.15, 0.2) is 16.6 Å². The molecule has 0 unspecified atom stereocenters. The Balaban J connectivity index is 3.13. The molecule has 0 aliphatic rings. The summed E-state index contributed by atoms with van der Waals surface area (Å²) in [5.41, 5.74) is 0.932. The van der Waals surface area contributed by atoms with Crippen LogP contribution in [-0.2, 0) is 6.42 Å². The van der Waals surface area contributed by atoms with E-state index in [1.165, 1.54) is 0 Å². The Labute approximate surface area is 91.8 Å². The van der Waals surface area contributed by atoms with Crippen LogP contribution >= 0.6 is 15.9 Å². The lowest BCUT2D eigenvalue weighted by Crippen LogP contribution is -1.97. The summed E-state index contributed by atoms with van der Waals surface area (Å²) in [6.07, 6.45) is 0.555. The summed E-state index contributed by atoms with van der Waals surface area (Å²) in [6.45, 7) is 0.0932. The molecular formula is C10H13BrO3. The van der Waals surface area contributed by atoms with Crippen LogP contribution in [0.2, 0.25) is 0 Å². The van der Waals surface area contributed by atoms with Crippen LogP contribution in [0.5, 0.6) is 11.5 Å². The second-order valence-electron chi connectivity index (χ2n) is 2.78. The van der Waals surface area contributed by atoms with Gasteiger partial charge in [0.15, 0.2) is 0 Å². The Bertz CT molecular complexity index is 312. The van der Waals surface area contributed by atoms with E-state index < -0.39 is 0 Å². The van der Waals surface area contributed by atoms with E-state index in [0.717, 1.165) is 21.5 Å². The maximum atomic E-state index is 8.88. The second-order valence-corrected chi connectivity index (χ2v) is 3.63. The van der Waals surface area contributed by atoms with Gasteiger partial charge in [0, 0.05) is 12.2 Å². The Kier molecular flexibility index (Phi) is 4.22. The lowest BCUT2D eigenvalue weighted by molar-refractivity contribution is 0.296. The van der Waals surface area contributed by atoms with Gasteiger partial charge in [-0.2, -0.15) is 0 Å². The summed E-state index contributed by atoms with van der Waals surface area (Å²) in [4.78, 5) is 0. The van der Waals surface area contributed by atoms with Crippen molar-refractivity contribution in [2.24, 2.45) is 0 Å². The zero-order valence-corrected chi connectivity index (χ0v) is 9.80. The van der Waals surface area contributed by atoms with Gasteiger partial charge in [-0.3, -0.25) is 0 Å². The molecule has 0 bridgehead atoms. The van der Waals surface area contributed by atoms with E-state index in [-0.39, 0.29) is 6.61 Å². The maximum Gasteiger partial charge on any atom is 0.136 e. The standard InChI is InChI=1S/C10H13BrO3/c1-13-8-5-7(3-4-12)10(14-2)9(11)6-8/h5-6,12H,3-4H2,1-2H3. The number of benzene rings is 1. The fraction of sp³-hybridized carbons (Fsp3) is 0.400. The van der Waals surface area contributed by atoms with Crippen LogP contribution in [0.1, 0.15) is 5.56 Å². The quantitative estimate of drug-likeness (QED) is 0.900. The SMILES string of the molecule is COc1cc(Br)c(OC)c(CCO)c1. The number of ether oxygens (including phenoxy) is 2. The summed E-state index contributed by atoms with van der Waals surface area (Å²) in [5.74, 6) is 1.50. The van der Waals surface area contributed by atoms with Gasteiger partial charge in [0.2, 0.25) is 0 Å². The van der Waals surface area contributed by atoms with Crippen molar-refractivity contribution >= 4 is 15.9 Å². The molecule has 0 aliphatic carbocycles. The summed E-state index contributed by atoms with van der Waals surface area (Å²) >= 11 is 3.38. The predicted octanol–water partition coefficient (Wildman–Crippen LogP) is 2.00. The van der Waals surface area contributed by atoms with Crippen molar-refractivity contribution in [1.82, 2.24) is 0 Å². The highest BCUT2D eigenvalue weighted by Crippen LogP contribution is 2.33. The maximum absolute atomic E-state index is 8.88. The minimum Gasteiger partial charge on any atom is -0.497 e. The van der Waals surface area contributed by atoms with Crippen LogP contribution < -0.4 is 9.47 Å². The van der Waals surface area contributed by atoms with Gasteiger partial charge in [0.25, 0.3) is 0 Å². The van der Waals surface area contributed by atoms with Crippen molar-refractivity contribution in [2.45, 2.75) is 6.42 Å². The summed E-state index contributed by atoms with van der Waals surface area (Å²) in [5, 5.41) is 8.88. The molecule has 14 heavy (non-hydrogen) atoms. The fourth-order valence-electron chi connectivity index (χ4n) is 1.28. The number of halogens is 1. The third kappa shape index (κ3) is 2.39. The number of hydrogen-bond acceptors (Lipinski definition) is 3. The van der Waals surface area contributed by atoms with E-state index in [1.807, 2.05) is 12.1 Å². The largest absolute Gasteiger partial charge is 0.497 e. The Morgan fingerprint density at radius 2 is 2.00 bits per heavy atom. The second kappa shape index (κ2) is 5.22. The fourth-order valence-corrected chi connectivity index (χ4v) is 1.92. The molecule has 78 valence electrons. The molecule has 3 nitrogen and oxygen atoms in total. The number of hydrogen-bond donors (Lipinski definition) is 1. The average Bonchev–Trinajstić information content (AvgIpc) is 2.18. The van der Waals surface area contributed by atoms with Crippen LogP contribution in [0.25, 0.3) is 0 Å². The van der Waals surface area contributed by atoms with Crippen LogP contribution in [0.4, 0.5) is 0 Å². The summed E-state index contributed by atoms with van der Waals surface area (Å²) in [6, 6.07) is 3.69. The highest BCUT2D eigenvalue weighted by molar-refractivity contribution is 9.10. The smallest absolute Gasteiger partial charge is 0.136 e. The average molecular weight is 261 g/mol. The minimum absolute atomic E-state index is 0.0932. The Morgan fingerprint density at radius 1 is 1.29 bits per heavy atom.